The molecule has 0 saturated heterocycles. The molecule has 0 unspecified atom stereocenters. The highest BCUT2D eigenvalue weighted by Crippen LogP contribution is 2.22. The minimum absolute atomic E-state index is 0.284. The number of carbonyl (C=O) groups excluding carboxylic acids is 1. The predicted octanol–water partition coefficient (Wildman–Crippen LogP) is 3.81. The fourth-order valence-corrected chi connectivity index (χ4v) is 3.22. The Morgan fingerprint density at radius 1 is 1.00 bits per heavy atom. The number of alkyl halides is 3. The molecule has 5 aromatic heterocycles. The third-order valence-electron chi connectivity index (χ3n) is 4.89. The number of carbonyl (C=O) groups is 2. The van der Waals surface area contributed by atoms with Crippen LogP contribution in [0.4, 0.5) is 18.9 Å². The van der Waals surface area contributed by atoms with Crippen molar-refractivity contribution >= 4 is 23.1 Å². The molecular weight excluding hydrogens is 479 g/mol. The van der Waals surface area contributed by atoms with E-state index in [-0.39, 0.29) is 5.91 Å². The van der Waals surface area contributed by atoms with Crippen LogP contribution in [0.2, 0.25) is 0 Å². The Morgan fingerprint density at radius 3 is 2.39 bits per heavy atom. The Kier molecular flexibility index (Phi) is 6.54. The summed E-state index contributed by atoms with van der Waals surface area (Å²) in [5, 5.41) is 18.6. The molecule has 0 spiro atoms. The van der Waals surface area contributed by atoms with Gasteiger partial charge in [0.25, 0.3) is 5.91 Å². The van der Waals surface area contributed by atoms with Gasteiger partial charge in [0.2, 0.25) is 0 Å². The van der Waals surface area contributed by atoms with E-state index in [2.05, 4.69) is 26.6 Å². The molecular formula is C23H18F3N7O3. The normalized spacial score (nSPS) is 11.1. The van der Waals surface area contributed by atoms with Gasteiger partial charge in [0.1, 0.15) is 5.82 Å². The van der Waals surface area contributed by atoms with Crippen LogP contribution in [-0.2, 0) is 11.8 Å². The summed E-state index contributed by atoms with van der Waals surface area (Å²) in [6.45, 7) is 0. The molecule has 1 amide bonds. The zero-order chi connectivity index (χ0) is 25.9. The number of anilines is 1. The third-order valence-corrected chi connectivity index (χ3v) is 4.89. The maximum absolute atomic E-state index is 12.5. The number of amides is 1. The standard InChI is InChI=1S/C21H17N7O.C2HF3O2/c1-26-13-16(11-23-26)15-4-5-18-6-7-20(27(18)14-15)28-10-8-19(25-28)21(29)24-17-3-2-9-22-12-17;3-2(4,5)1(6)7/h2-14H,1H3,(H,24,29);(H,6,7). The number of aromatic nitrogens is 6. The fourth-order valence-electron chi connectivity index (χ4n) is 3.22. The van der Waals surface area contributed by atoms with E-state index in [0.717, 1.165) is 22.5 Å². The van der Waals surface area contributed by atoms with E-state index in [1.807, 2.05) is 48.2 Å². The van der Waals surface area contributed by atoms with Gasteiger partial charge < -0.3 is 14.8 Å². The van der Waals surface area contributed by atoms with Crippen LogP contribution in [-0.4, -0.2) is 52.1 Å². The van der Waals surface area contributed by atoms with Crippen LogP contribution >= 0.6 is 0 Å². The van der Waals surface area contributed by atoms with Crippen molar-refractivity contribution in [3.05, 3.63) is 85.3 Å². The molecule has 5 aromatic rings. The van der Waals surface area contributed by atoms with Crippen LogP contribution < -0.4 is 5.32 Å². The number of rotatable bonds is 4. The zero-order valence-corrected chi connectivity index (χ0v) is 18.6. The number of fused-ring (bicyclic) bond motifs is 1. The molecule has 0 saturated carbocycles. The lowest BCUT2D eigenvalue weighted by molar-refractivity contribution is -0.192. The van der Waals surface area contributed by atoms with E-state index in [0.29, 0.717) is 11.4 Å². The second kappa shape index (κ2) is 9.74. The lowest BCUT2D eigenvalue weighted by Crippen LogP contribution is -2.21. The molecule has 10 nitrogen and oxygen atoms in total. The van der Waals surface area contributed by atoms with Gasteiger partial charge in [0.15, 0.2) is 5.69 Å². The molecule has 0 radical (unpaired) electrons. The minimum atomic E-state index is -5.08. The first-order valence-corrected chi connectivity index (χ1v) is 10.3. The first kappa shape index (κ1) is 24.2. The number of hydrogen-bond acceptors (Lipinski definition) is 5. The monoisotopic (exact) mass is 497 g/mol. The summed E-state index contributed by atoms with van der Waals surface area (Å²) < 4.78 is 37.2. The number of carboxylic acid groups (broad SMARTS) is 1. The molecule has 0 aromatic carbocycles. The largest absolute Gasteiger partial charge is 0.490 e. The van der Waals surface area contributed by atoms with Crippen LogP contribution in [0.25, 0.3) is 22.5 Å². The summed E-state index contributed by atoms with van der Waals surface area (Å²) in [6.07, 6.45) is 5.78. The minimum Gasteiger partial charge on any atom is -0.475 e. The van der Waals surface area contributed by atoms with E-state index < -0.39 is 12.1 Å². The number of hydrogen-bond donors (Lipinski definition) is 2. The molecule has 0 atom stereocenters. The van der Waals surface area contributed by atoms with Crippen molar-refractivity contribution < 1.29 is 27.9 Å². The average molecular weight is 497 g/mol. The summed E-state index contributed by atoms with van der Waals surface area (Å²) in [5.74, 6) is -2.20. The van der Waals surface area contributed by atoms with Crippen molar-refractivity contribution in [2.75, 3.05) is 5.32 Å². The SMILES string of the molecule is Cn1cc(-c2ccc3ccc(-n4ccc(C(=O)Nc5cccnc5)n4)n3c2)cn1.O=C(O)C(F)(F)F. The number of aryl methyl sites for hydroxylation is 1. The van der Waals surface area contributed by atoms with Gasteiger partial charge in [-0.25, -0.2) is 9.48 Å². The highest BCUT2D eigenvalue weighted by molar-refractivity contribution is 6.02. The zero-order valence-electron chi connectivity index (χ0n) is 18.6. The fraction of sp³-hybridized carbons (Fsp3) is 0.0870. The lowest BCUT2D eigenvalue weighted by atomic mass is 10.1. The molecule has 2 N–H and O–H groups in total. The topological polar surface area (TPSA) is 119 Å². The predicted molar refractivity (Wildman–Crippen MR) is 123 cm³/mol. The highest BCUT2D eigenvalue weighted by Gasteiger charge is 2.38. The van der Waals surface area contributed by atoms with Gasteiger partial charge in [0.05, 0.1) is 18.1 Å². The van der Waals surface area contributed by atoms with Gasteiger partial charge in [-0.15, -0.1) is 0 Å². The third kappa shape index (κ3) is 5.41. The highest BCUT2D eigenvalue weighted by atomic mass is 19.4. The number of pyridine rings is 2. The summed E-state index contributed by atoms with van der Waals surface area (Å²) in [4.78, 5) is 25.4. The number of nitrogens with one attached hydrogen (secondary N) is 1. The van der Waals surface area contributed by atoms with E-state index >= 15 is 0 Å². The van der Waals surface area contributed by atoms with Crippen molar-refractivity contribution in [2.24, 2.45) is 7.05 Å². The van der Waals surface area contributed by atoms with Crippen molar-refractivity contribution in [3.63, 3.8) is 0 Å². The van der Waals surface area contributed by atoms with Crippen LogP contribution in [0.1, 0.15) is 10.5 Å². The molecule has 0 fully saturated rings. The Balaban J connectivity index is 0.000000384. The molecule has 5 heterocycles. The number of nitrogens with zero attached hydrogens (tertiary/aromatic N) is 6. The molecule has 184 valence electrons. The van der Waals surface area contributed by atoms with Crippen LogP contribution in [0, 0.1) is 0 Å². The second-order valence-corrected chi connectivity index (χ2v) is 7.45. The first-order chi connectivity index (χ1) is 17.1. The van der Waals surface area contributed by atoms with Crippen molar-refractivity contribution in [2.45, 2.75) is 6.18 Å². The van der Waals surface area contributed by atoms with Gasteiger partial charge in [-0.1, -0.05) is 6.07 Å². The molecule has 0 aliphatic carbocycles. The smallest absolute Gasteiger partial charge is 0.475 e. The van der Waals surface area contributed by atoms with Crippen LogP contribution in [0.5, 0.6) is 0 Å². The number of carboxylic acids is 1. The summed E-state index contributed by atoms with van der Waals surface area (Å²) in [5.41, 5.74) is 4.06. The molecule has 0 bridgehead atoms. The Morgan fingerprint density at radius 2 is 1.75 bits per heavy atom. The van der Waals surface area contributed by atoms with Crippen LogP contribution in [0.15, 0.2) is 79.6 Å². The van der Waals surface area contributed by atoms with Gasteiger partial charge in [-0.05, 0) is 36.4 Å². The van der Waals surface area contributed by atoms with Gasteiger partial charge in [-0.3, -0.25) is 14.5 Å². The lowest BCUT2D eigenvalue weighted by Gasteiger charge is -2.06. The van der Waals surface area contributed by atoms with Crippen LogP contribution in [0.3, 0.4) is 0 Å². The molecule has 36 heavy (non-hydrogen) atoms. The maximum Gasteiger partial charge on any atom is 0.490 e. The quantitative estimate of drug-likeness (QED) is 0.390. The van der Waals surface area contributed by atoms with Crippen molar-refractivity contribution in [1.29, 1.82) is 0 Å². The Hall–Kier alpha value is -4.94. The average Bonchev–Trinajstić information content (AvgIpc) is 3.58. The first-order valence-electron chi connectivity index (χ1n) is 10.3. The summed E-state index contributed by atoms with van der Waals surface area (Å²) in [6, 6.07) is 13.3. The molecule has 0 aliphatic rings. The van der Waals surface area contributed by atoms with Gasteiger partial charge >= 0.3 is 12.1 Å². The number of aliphatic carboxylic acids is 1. The van der Waals surface area contributed by atoms with E-state index in [1.165, 1.54) is 0 Å². The van der Waals surface area contributed by atoms with E-state index in [1.54, 1.807) is 46.2 Å². The van der Waals surface area contributed by atoms with Crippen molar-refractivity contribution in [1.82, 2.24) is 28.9 Å². The van der Waals surface area contributed by atoms with E-state index in [4.69, 9.17) is 9.90 Å². The Bertz CT molecular complexity index is 1520. The summed E-state index contributed by atoms with van der Waals surface area (Å²) >= 11 is 0. The second-order valence-electron chi connectivity index (χ2n) is 7.45. The van der Waals surface area contributed by atoms with E-state index in [9.17, 15) is 18.0 Å². The maximum atomic E-state index is 12.5. The number of halogens is 3. The molecule has 0 aliphatic heterocycles. The van der Waals surface area contributed by atoms with Gasteiger partial charge in [-0.2, -0.15) is 23.4 Å². The summed E-state index contributed by atoms with van der Waals surface area (Å²) in [7, 11) is 1.89. The Labute approximate surface area is 201 Å². The molecule has 13 heteroatoms. The van der Waals surface area contributed by atoms with Crippen molar-refractivity contribution in [3.8, 4) is 16.9 Å². The molecule has 5 rings (SSSR count). The van der Waals surface area contributed by atoms with Gasteiger partial charge in [0, 0.05) is 48.5 Å².